The molecule has 1 saturated heterocycles. The van der Waals surface area contributed by atoms with Gasteiger partial charge in [-0.2, -0.15) is 26.3 Å². The number of carbonyl (C=O) groups excluding carboxylic acids is 1. The molecule has 1 amide bonds. The van der Waals surface area contributed by atoms with Crippen molar-refractivity contribution in [1.82, 2.24) is 10.2 Å². The Hall–Kier alpha value is -0.990. The zero-order chi connectivity index (χ0) is 15.6. The molecule has 0 radical (unpaired) electrons. The zero-order valence-corrected chi connectivity index (χ0v) is 10.8. The topological polar surface area (TPSA) is 32.3 Å². The van der Waals surface area contributed by atoms with Crippen LogP contribution in [-0.4, -0.2) is 48.8 Å². The molecular weight excluding hydrogens is 290 g/mol. The number of nitrogens with zero attached hydrogens (tertiary/aromatic N) is 1. The van der Waals surface area contributed by atoms with Crippen molar-refractivity contribution >= 4 is 5.91 Å². The third kappa shape index (κ3) is 4.00. The Bertz CT molecular complexity index is 321. The van der Waals surface area contributed by atoms with Gasteiger partial charge in [-0.15, -0.1) is 0 Å². The van der Waals surface area contributed by atoms with Gasteiger partial charge in [0, 0.05) is 19.1 Å². The lowest BCUT2D eigenvalue weighted by molar-refractivity contribution is -0.278. The summed E-state index contributed by atoms with van der Waals surface area (Å²) in [4.78, 5) is 12.5. The summed E-state index contributed by atoms with van der Waals surface area (Å²) < 4.78 is 75.4. The van der Waals surface area contributed by atoms with Crippen molar-refractivity contribution in [2.24, 2.45) is 5.92 Å². The number of hydrogen-bond donors (Lipinski definition) is 1. The van der Waals surface area contributed by atoms with E-state index in [2.05, 4.69) is 5.32 Å². The molecule has 0 aliphatic carbocycles. The van der Waals surface area contributed by atoms with Crippen molar-refractivity contribution in [2.45, 2.75) is 38.2 Å². The fourth-order valence-corrected chi connectivity index (χ4v) is 2.25. The van der Waals surface area contributed by atoms with E-state index in [-0.39, 0.29) is 13.1 Å². The first kappa shape index (κ1) is 17.1. The van der Waals surface area contributed by atoms with Gasteiger partial charge in [-0.25, -0.2) is 0 Å². The molecule has 1 unspecified atom stereocenters. The molecule has 1 aliphatic rings. The van der Waals surface area contributed by atoms with Crippen LogP contribution >= 0.6 is 0 Å². The van der Waals surface area contributed by atoms with E-state index in [9.17, 15) is 31.1 Å². The summed E-state index contributed by atoms with van der Waals surface area (Å²) in [6.45, 7) is 2.17. The van der Waals surface area contributed by atoms with E-state index in [0.717, 1.165) is 0 Å². The minimum atomic E-state index is -5.63. The number of halogens is 6. The van der Waals surface area contributed by atoms with E-state index in [1.165, 1.54) is 0 Å². The first-order valence-corrected chi connectivity index (χ1v) is 6.23. The lowest BCUT2D eigenvalue weighted by atomic mass is 10.0. The average molecular weight is 306 g/mol. The zero-order valence-electron chi connectivity index (χ0n) is 10.8. The molecule has 0 aromatic heterocycles. The smallest absolute Gasteiger partial charge is 0.338 e. The number of amides is 1. The maximum absolute atomic E-state index is 12.6. The van der Waals surface area contributed by atoms with Gasteiger partial charge in [-0.05, 0) is 19.4 Å². The fraction of sp³-hybridized carbons (Fsp3) is 0.909. The molecule has 0 spiro atoms. The molecule has 1 atom stereocenters. The molecule has 0 saturated carbocycles. The summed E-state index contributed by atoms with van der Waals surface area (Å²) in [7, 11) is 0. The van der Waals surface area contributed by atoms with Crippen LogP contribution in [0.1, 0.15) is 19.8 Å². The minimum Gasteiger partial charge on any atom is -0.338 e. The first-order valence-electron chi connectivity index (χ1n) is 6.23. The second-order valence-electron chi connectivity index (χ2n) is 4.69. The average Bonchev–Trinajstić information content (AvgIpc) is 2.74. The highest BCUT2D eigenvalue weighted by atomic mass is 19.4. The Labute approximate surface area is 112 Å². The normalized spacial score (nSPS) is 20.5. The Kier molecular flexibility index (Phi) is 5.28. The highest BCUT2D eigenvalue weighted by Gasteiger charge is 2.62. The van der Waals surface area contributed by atoms with Crippen molar-refractivity contribution < 1.29 is 31.1 Å². The number of alkyl halides is 6. The summed E-state index contributed by atoms with van der Waals surface area (Å²) >= 11 is 0. The number of rotatable bonds is 4. The molecular formula is C11H16F6N2O. The van der Waals surface area contributed by atoms with Crippen LogP contribution in [0.5, 0.6) is 0 Å². The second-order valence-corrected chi connectivity index (χ2v) is 4.69. The van der Waals surface area contributed by atoms with Crippen LogP contribution in [0, 0.1) is 5.92 Å². The molecule has 0 bridgehead atoms. The van der Waals surface area contributed by atoms with E-state index in [4.69, 9.17) is 0 Å². The van der Waals surface area contributed by atoms with Gasteiger partial charge in [0.15, 0.2) is 0 Å². The third-order valence-electron chi connectivity index (χ3n) is 3.12. The van der Waals surface area contributed by atoms with Crippen molar-refractivity contribution in [3.63, 3.8) is 0 Å². The predicted octanol–water partition coefficient (Wildman–Crippen LogP) is 2.33. The highest BCUT2D eigenvalue weighted by molar-refractivity contribution is 5.80. The van der Waals surface area contributed by atoms with Crippen molar-refractivity contribution in [2.75, 3.05) is 19.6 Å². The molecule has 9 heteroatoms. The highest BCUT2D eigenvalue weighted by Crippen LogP contribution is 2.40. The standard InChI is InChI=1S/C11H16F6N2O/c1-2-5-19(7-3-4-18-6-7)9(20)8(10(12,13)14)11(15,16)17/h7-8,18H,2-6H2,1H3. The molecule has 118 valence electrons. The minimum absolute atomic E-state index is 0.117. The fourth-order valence-electron chi connectivity index (χ4n) is 2.25. The first-order chi connectivity index (χ1) is 9.09. The Morgan fingerprint density at radius 1 is 1.25 bits per heavy atom. The molecule has 0 aromatic rings. The van der Waals surface area contributed by atoms with Crippen LogP contribution in [0.15, 0.2) is 0 Å². The summed E-state index contributed by atoms with van der Waals surface area (Å²) in [5.74, 6) is -5.84. The van der Waals surface area contributed by atoms with Gasteiger partial charge in [0.05, 0.1) is 0 Å². The van der Waals surface area contributed by atoms with Gasteiger partial charge < -0.3 is 10.2 Å². The Morgan fingerprint density at radius 2 is 1.80 bits per heavy atom. The summed E-state index contributed by atoms with van der Waals surface area (Å²) in [5.41, 5.74) is 0. The van der Waals surface area contributed by atoms with Crippen molar-refractivity contribution in [3.05, 3.63) is 0 Å². The van der Waals surface area contributed by atoms with Crippen LogP contribution in [0.3, 0.4) is 0 Å². The van der Waals surface area contributed by atoms with E-state index < -0.39 is 30.2 Å². The van der Waals surface area contributed by atoms with E-state index >= 15 is 0 Å². The van der Waals surface area contributed by atoms with Crippen LogP contribution in [0.2, 0.25) is 0 Å². The van der Waals surface area contributed by atoms with Crippen molar-refractivity contribution in [1.29, 1.82) is 0 Å². The van der Waals surface area contributed by atoms with E-state index in [1.807, 2.05) is 0 Å². The summed E-state index contributed by atoms with van der Waals surface area (Å²) in [5, 5.41) is 2.83. The van der Waals surface area contributed by atoms with Crippen LogP contribution in [0.25, 0.3) is 0 Å². The number of hydrogen-bond acceptors (Lipinski definition) is 2. The molecule has 1 heterocycles. The quantitative estimate of drug-likeness (QED) is 0.809. The van der Waals surface area contributed by atoms with Gasteiger partial charge in [0.2, 0.25) is 11.8 Å². The summed E-state index contributed by atoms with van der Waals surface area (Å²) in [6.07, 6.45) is -10.6. The van der Waals surface area contributed by atoms with Gasteiger partial charge in [0.1, 0.15) is 0 Å². The monoisotopic (exact) mass is 306 g/mol. The molecule has 0 aromatic carbocycles. The maximum Gasteiger partial charge on any atom is 0.409 e. The Morgan fingerprint density at radius 3 is 2.15 bits per heavy atom. The van der Waals surface area contributed by atoms with E-state index in [1.54, 1.807) is 6.92 Å². The molecule has 20 heavy (non-hydrogen) atoms. The van der Waals surface area contributed by atoms with Crippen molar-refractivity contribution in [3.8, 4) is 0 Å². The van der Waals surface area contributed by atoms with Crippen LogP contribution in [0.4, 0.5) is 26.3 Å². The predicted molar refractivity (Wildman–Crippen MR) is 58.9 cm³/mol. The lowest BCUT2D eigenvalue weighted by Gasteiger charge is -2.33. The maximum atomic E-state index is 12.6. The molecule has 1 fully saturated rings. The van der Waals surface area contributed by atoms with Gasteiger partial charge in [-0.3, -0.25) is 4.79 Å². The SMILES string of the molecule is CCCN(C(=O)C(C(F)(F)F)C(F)(F)F)C1CCNC1. The number of carbonyl (C=O) groups is 1. The second kappa shape index (κ2) is 6.19. The molecule has 3 nitrogen and oxygen atoms in total. The van der Waals surface area contributed by atoms with E-state index in [0.29, 0.717) is 24.3 Å². The molecule has 1 aliphatic heterocycles. The molecule has 1 N–H and O–H groups in total. The van der Waals surface area contributed by atoms with Crippen LogP contribution in [-0.2, 0) is 4.79 Å². The largest absolute Gasteiger partial charge is 0.409 e. The lowest BCUT2D eigenvalue weighted by Crippen LogP contribution is -2.53. The third-order valence-corrected chi connectivity index (χ3v) is 3.12. The van der Waals surface area contributed by atoms with Gasteiger partial charge in [0.25, 0.3) is 0 Å². The number of nitrogens with one attached hydrogen (secondary N) is 1. The summed E-state index contributed by atoms with van der Waals surface area (Å²) in [6, 6.07) is -0.616. The van der Waals surface area contributed by atoms with Gasteiger partial charge >= 0.3 is 12.4 Å². The molecule has 1 rings (SSSR count). The Balaban J connectivity index is 3.00. The van der Waals surface area contributed by atoms with Crippen LogP contribution < -0.4 is 5.32 Å². The van der Waals surface area contributed by atoms with Gasteiger partial charge in [-0.1, -0.05) is 6.92 Å².